The van der Waals surface area contributed by atoms with E-state index in [1.54, 1.807) is 0 Å². The van der Waals surface area contributed by atoms with Crippen molar-refractivity contribution in [1.29, 1.82) is 0 Å². The third-order valence-corrected chi connectivity index (χ3v) is 15.5. The molecule has 0 aliphatic carbocycles. The second-order valence-electron chi connectivity index (χ2n) is 22.2. The lowest BCUT2D eigenvalue weighted by Crippen LogP contribution is -2.15. The van der Waals surface area contributed by atoms with E-state index in [9.17, 15) is 0 Å². The molecule has 0 radical (unpaired) electrons. The van der Waals surface area contributed by atoms with Crippen molar-refractivity contribution >= 4 is 71.2 Å². The van der Waals surface area contributed by atoms with Gasteiger partial charge in [0.1, 0.15) is 0 Å². The maximum Gasteiger partial charge on any atom is 0.0541 e. The first-order chi connectivity index (χ1) is 36.0. The van der Waals surface area contributed by atoms with Crippen LogP contribution < -0.4 is 4.90 Å². The van der Waals surface area contributed by atoms with Crippen molar-refractivity contribution in [3.63, 3.8) is 0 Å². The van der Waals surface area contributed by atoms with Crippen molar-refractivity contribution in [2.24, 2.45) is 0 Å². The number of hydrogen-bond donors (Lipinski definition) is 0. The zero-order chi connectivity index (χ0) is 50.3. The normalized spacial score (nSPS) is 12.2. The first kappa shape index (κ1) is 45.2. The predicted molar refractivity (Wildman–Crippen MR) is 318 cm³/mol. The largest absolute Gasteiger partial charge is 0.309 e. The quantitative estimate of drug-likeness (QED) is 0.138. The maximum atomic E-state index is 2.52. The van der Waals surface area contributed by atoms with Crippen LogP contribution in [0.15, 0.2) is 243 Å². The Hall–Kier alpha value is -8.72. The molecule has 12 aromatic carbocycles. The van der Waals surface area contributed by atoms with Gasteiger partial charge >= 0.3 is 0 Å². The van der Waals surface area contributed by atoms with Gasteiger partial charge in [-0.1, -0.05) is 230 Å². The van der Waals surface area contributed by atoms with E-state index in [-0.39, 0.29) is 10.8 Å². The van der Waals surface area contributed by atoms with Gasteiger partial charge in [-0.05, 0) is 137 Å². The van der Waals surface area contributed by atoms with Gasteiger partial charge in [0.2, 0.25) is 0 Å². The molecule has 13 rings (SSSR count). The van der Waals surface area contributed by atoms with E-state index in [1.807, 2.05) is 0 Å². The SMILES string of the molecule is CC(C)(C)c1ccc(-c2cccc(-c3ccc(N(c4ccc(C(C)(C)C)cc4-c4ccc(-c5ccccc5)cc4)c4ccc5ccc6c(-n7c8ccccc8c8ccccc87)ccc7ccc4c5c76)cc3)c2)cc1. The predicted octanol–water partition coefficient (Wildman–Crippen LogP) is 20.4. The summed E-state index contributed by atoms with van der Waals surface area (Å²) in [6, 6.07) is 90.6. The molecule has 74 heavy (non-hydrogen) atoms. The van der Waals surface area contributed by atoms with Crippen LogP contribution in [-0.2, 0) is 10.8 Å². The van der Waals surface area contributed by atoms with Crippen molar-refractivity contribution in [3.05, 3.63) is 254 Å². The number of benzene rings is 12. The van der Waals surface area contributed by atoms with Crippen LogP contribution >= 0.6 is 0 Å². The van der Waals surface area contributed by atoms with Gasteiger partial charge in [-0.2, -0.15) is 0 Å². The lowest BCUT2D eigenvalue weighted by Gasteiger charge is -2.31. The highest BCUT2D eigenvalue weighted by Crippen LogP contribution is 2.49. The van der Waals surface area contributed by atoms with E-state index in [1.165, 1.54) is 115 Å². The van der Waals surface area contributed by atoms with Crippen molar-refractivity contribution in [3.8, 4) is 50.2 Å². The zero-order valence-electron chi connectivity index (χ0n) is 43.0. The van der Waals surface area contributed by atoms with Crippen LogP contribution in [0.4, 0.5) is 17.1 Å². The topological polar surface area (TPSA) is 8.17 Å². The number of fused-ring (bicyclic) bond motifs is 3. The summed E-state index contributed by atoms with van der Waals surface area (Å²) in [5, 5.41) is 9.99. The van der Waals surface area contributed by atoms with E-state index < -0.39 is 0 Å². The molecule has 1 aromatic heterocycles. The highest BCUT2D eigenvalue weighted by molar-refractivity contribution is 6.27. The first-order valence-corrected chi connectivity index (χ1v) is 26.1. The monoisotopic (exact) mass is 950 g/mol. The summed E-state index contributed by atoms with van der Waals surface area (Å²) in [6.45, 7) is 13.7. The molecule has 356 valence electrons. The lowest BCUT2D eigenvalue weighted by atomic mass is 9.84. The Morgan fingerprint density at radius 1 is 0.311 bits per heavy atom. The van der Waals surface area contributed by atoms with Crippen molar-refractivity contribution < 1.29 is 0 Å². The Balaban J connectivity index is 1.01. The van der Waals surface area contributed by atoms with Crippen LogP contribution in [0.5, 0.6) is 0 Å². The standard InChI is InChI=1S/C72H58N2/c1-71(2,3)56-35-27-49(28-36-56)54-17-14-18-55(45-54)50-29-38-58(39-30-50)73(68-44-37-57(72(4,5)6)46-63(68)51-25-23-48(24-26-51)47-15-8-7-9-16-47)66-42-33-52-32-41-62-67(43-34-53-31-40-61(66)69(52)70(53)62)74-64-21-12-10-19-59(64)60-20-11-13-22-65(60)74/h7-46H,1-6H3. The van der Waals surface area contributed by atoms with Crippen LogP contribution in [0.25, 0.3) is 104 Å². The highest BCUT2D eigenvalue weighted by Gasteiger charge is 2.25. The first-order valence-electron chi connectivity index (χ1n) is 26.1. The van der Waals surface area contributed by atoms with Gasteiger partial charge in [0, 0.05) is 32.8 Å². The molecular formula is C72H58N2. The fourth-order valence-corrected chi connectivity index (χ4v) is 11.5. The van der Waals surface area contributed by atoms with Crippen LogP contribution in [0.1, 0.15) is 52.7 Å². The van der Waals surface area contributed by atoms with Gasteiger partial charge in [0.05, 0.1) is 28.1 Å². The smallest absolute Gasteiger partial charge is 0.0541 e. The summed E-state index contributed by atoms with van der Waals surface area (Å²) >= 11 is 0. The molecule has 0 amide bonds. The molecule has 13 aromatic rings. The van der Waals surface area contributed by atoms with Gasteiger partial charge in [-0.15, -0.1) is 0 Å². The average Bonchev–Trinajstić information content (AvgIpc) is 3.77. The summed E-state index contributed by atoms with van der Waals surface area (Å²) in [7, 11) is 0. The summed E-state index contributed by atoms with van der Waals surface area (Å²) < 4.78 is 2.47. The summed E-state index contributed by atoms with van der Waals surface area (Å²) in [4.78, 5) is 2.52. The molecule has 0 saturated heterocycles. The van der Waals surface area contributed by atoms with Crippen LogP contribution in [0, 0.1) is 0 Å². The summed E-state index contributed by atoms with van der Waals surface area (Å²) in [5.41, 5.74) is 19.2. The molecule has 0 spiro atoms. The highest BCUT2D eigenvalue weighted by atomic mass is 15.1. The van der Waals surface area contributed by atoms with E-state index >= 15 is 0 Å². The van der Waals surface area contributed by atoms with Crippen LogP contribution in [0.3, 0.4) is 0 Å². The third-order valence-electron chi connectivity index (χ3n) is 15.5. The fraction of sp³-hybridized carbons (Fsp3) is 0.111. The Morgan fingerprint density at radius 3 is 1.41 bits per heavy atom. The minimum atomic E-state index is -0.0615. The van der Waals surface area contributed by atoms with Gasteiger partial charge in [0.25, 0.3) is 0 Å². The van der Waals surface area contributed by atoms with E-state index in [4.69, 9.17) is 0 Å². The Morgan fingerprint density at radius 2 is 0.770 bits per heavy atom. The molecule has 0 bridgehead atoms. The average molecular weight is 951 g/mol. The minimum absolute atomic E-state index is 0.0615. The molecule has 0 aliphatic rings. The molecule has 0 atom stereocenters. The number of nitrogens with zero attached hydrogens (tertiary/aromatic N) is 2. The second-order valence-corrected chi connectivity index (χ2v) is 22.2. The van der Waals surface area contributed by atoms with Gasteiger partial charge in [-0.3, -0.25) is 0 Å². The minimum Gasteiger partial charge on any atom is -0.309 e. The molecule has 2 nitrogen and oxygen atoms in total. The van der Waals surface area contributed by atoms with E-state index in [2.05, 4.69) is 294 Å². The number of aromatic nitrogens is 1. The number of rotatable bonds is 8. The van der Waals surface area contributed by atoms with Crippen LogP contribution in [-0.4, -0.2) is 4.57 Å². The Labute approximate surface area is 434 Å². The lowest BCUT2D eigenvalue weighted by molar-refractivity contribution is 0.590. The molecule has 0 aliphatic heterocycles. The second kappa shape index (κ2) is 17.5. The van der Waals surface area contributed by atoms with Gasteiger partial charge in [0.15, 0.2) is 0 Å². The molecule has 2 heteroatoms. The zero-order valence-corrected chi connectivity index (χ0v) is 43.0. The molecule has 0 N–H and O–H groups in total. The fourth-order valence-electron chi connectivity index (χ4n) is 11.5. The Kier molecular flexibility index (Phi) is 10.7. The van der Waals surface area contributed by atoms with Crippen LogP contribution in [0.2, 0.25) is 0 Å². The van der Waals surface area contributed by atoms with Crippen molar-refractivity contribution in [2.45, 2.75) is 52.4 Å². The number of anilines is 3. The van der Waals surface area contributed by atoms with E-state index in [0.717, 1.165) is 17.1 Å². The molecule has 1 heterocycles. The number of hydrogen-bond acceptors (Lipinski definition) is 1. The summed E-state index contributed by atoms with van der Waals surface area (Å²) in [6.07, 6.45) is 0. The summed E-state index contributed by atoms with van der Waals surface area (Å²) in [5.74, 6) is 0. The van der Waals surface area contributed by atoms with Crippen molar-refractivity contribution in [2.75, 3.05) is 4.90 Å². The molecular weight excluding hydrogens is 893 g/mol. The maximum absolute atomic E-state index is 2.52. The molecule has 0 fully saturated rings. The van der Waals surface area contributed by atoms with Gasteiger partial charge in [-0.25, -0.2) is 0 Å². The third kappa shape index (κ3) is 7.72. The Bertz CT molecular complexity index is 4170. The van der Waals surface area contributed by atoms with E-state index in [0.29, 0.717) is 0 Å². The number of para-hydroxylation sites is 2. The molecule has 0 unspecified atom stereocenters. The molecule has 0 saturated carbocycles. The van der Waals surface area contributed by atoms with Crippen molar-refractivity contribution in [1.82, 2.24) is 4.57 Å². The van der Waals surface area contributed by atoms with Gasteiger partial charge < -0.3 is 9.47 Å².